The molecule has 2 bridgehead atoms. The van der Waals surface area contributed by atoms with Gasteiger partial charge in [0.1, 0.15) is 5.82 Å². The van der Waals surface area contributed by atoms with Gasteiger partial charge >= 0.3 is 5.69 Å². The molecule has 0 amide bonds. The molecule has 2 aliphatic carbocycles. The van der Waals surface area contributed by atoms with Crippen molar-refractivity contribution < 1.29 is 0 Å². The SMILES string of the molecule is C1=CC2=CC=C1C2.Cc1nc(NN)nc(=O)n1-c1ccc(Cl)c(Cl)c1. The predicted octanol–water partition coefficient (Wildman–Crippen LogP) is 3.34. The number of hydrogen-bond acceptors (Lipinski definition) is 5. The van der Waals surface area contributed by atoms with Crippen LogP contribution in [0.4, 0.5) is 5.95 Å². The molecule has 25 heavy (non-hydrogen) atoms. The molecule has 128 valence electrons. The number of rotatable bonds is 2. The van der Waals surface area contributed by atoms with Gasteiger partial charge in [0.05, 0.1) is 15.7 Å². The average Bonchev–Trinajstić information content (AvgIpc) is 3.23. The third kappa shape index (κ3) is 3.82. The van der Waals surface area contributed by atoms with Crippen molar-refractivity contribution in [1.29, 1.82) is 0 Å². The number of fused-ring (bicyclic) bond motifs is 2. The number of nitrogen functional groups attached to an aromatic ring is 1. The lowest BCUT2D eigenvalue weighted by molar-refractivity contribution is 0.811. The van der Waals surface area contributed by atoms with Crippen molar-refractivity contribution in [3.05, 3.63) is 80.0 Å². The Kier molecular flexibility index (Phi) is 5.03. The molecular formula is C17H15Cl2N5O. The lowest BCUT2D eigenvalue weighted by atomic mass is 10.3. The number of aromatic nitrogens is 3. The lowest BCUT2D eigenvalue weighted by Gasteiger charge is -2.10. The number of halogens is 2. The molecule has 0 fully saturated rings. The van der Waals surface area contributed by atoms with Crippen LogP contribution in [-0.2, 0) is 0 Å². The second-order valence-corrected chi connectivity index (χ2v) is 6.26. The van der Waals surface area contributed by atoms with E-state index >= 15 is 0 Å². The van der Waals surface area contributed by atoms with Crippen molar-refractivity contribution in [2.75, 3.05) is 5.43 Å². The van der Waals surface area contributed by atoms with Gasteiger partial charge in [-0.2, -0.15) is 9.97 Å². The number of allylic oxidation sites excluding steroid dienone is 6. The minimum absolute atomic E-state index is 0.0637. The molecule has 0 unspecified atom stereocenters. The van der Waals surface area contributed by atoms with Crippen LogP contribution in [0.25, 0.3) is 5.69 Å². The molecule has 2 aliphatic rings. The van der Waals surface area contributed by atoms with E-state index in [4.69, 9.17) is 29.0 Å². The summed E-state index contributed by atoms with van der Waals surface area (Å²) in [4.78, 5) is 19.5. The molecule has 0 aliphatic heterocycles. The zero-order valence-corrected chi connectivity index (χ0v) is 14.8. The predicted molar refractivity (Wildman–Crippen MR) is 100 cm³/mol. The quantitative estimate of drug-likeness (QED) is 0.620. The molecule has 1 aromatic heterocycles. The standard InChI is InChI=1S/C10H9Cl2N5O.C7H6/c1-5-14-9(16-13)15-10(18)17(5)6-2-3-7(11)8(12)4-6;1-2-7-4-3-6(1)5-7/h2-4H,13H2,1H3,(H,15,16,18);1-4H,5H2. The molecule has 0 saturated carbocycles. The molecule has 0 saturated heterocycles. The van der Waals surface area contributed by atoms with Crippen LogP contribution in [0, 0.1) is 6.92 Å². The highest BCUT2D eigenvalue weighted by atomic mass is 35.5. The van der Waals surface area contributed by atoms with Crippen LogP contribution >= 0.6 is 23.2 Å². The highest BCUT2D eigenvalue weighted by Crippen LogP contribution is 2.27. The summed E-state index contributed by atoms with van der Waals surface area (Å²) in [6, 6.07) is 4.82. The fourth-order valence-corrected chi connectivity index (χ4v) is 2.80. The fourth-order valence-electron chi connectivity index (χ4n) is 2.50. The van der Waals surface area contributed by atoms with Gasteiger partial charge in [-0.3, -0.25) is 5.43 Å². The molecule has 1 aromatic carbocycles. The van der Waals surface area contributed by atoms with Crippen LogP contribution in [0.5, 0.6) is 0 Å². The second-order valence-electron chi connectivity index (χ2n) is 5.45. The van der Waals surface area contributed by atoms with Gasteiger partial charge in [-0.05, 0) is 42.7 Å². The zero-order valence-electron chi connectivity index (χ0n) is 13.3. The highest BCUT2D eigenvalue weighted by Gasteiger charge is 2.10. The van der Waals surface area contributed by atoms with Crippen LogP contribution in [-0.4, -0.2) is 14.5 Å². The topological polar surface area (TPSA) is 85.8 Å². The molecule has 1 heterocycles. The van der Waals surface area contributed by atoms with Crippen molar-refractivity contribution in [2.45, 2.75) is 13.3 Å². The normalized spacial score (nSPS) is 13.9. The summed E-state index contributed by atoms with van der Waals surface area (Å²) in [5.41, 5.74) is 5.19. The van der Waals surface area contributed by atoms with Crippen molar-refractivity contribution in [1.82, 2.24) is 14.5 Å². The van der Waals surface area contributed by atoms with Crippen molar-refractivity contribution in [3.63, 3.8) is 0 Å². The third-order valence-electron chi connectivity index (χ3n) is 3.71. The summed E-state index contributed by atoms with van der Waals surface area (Å²) in [5.74, 6) is 5.65. The number of anilines is 1. The van der Waals surface area contributed by atoms with E-state index in [1.54, 1.807) is 25.1 Å². The van der Waals surface area contributed by atoms with E-state index in [-0.39, 0.29) is 5.95 Å². The Morgan fingerprint density at radius 1 is 1.12 bits per heavy atom. The summed E-state index contributed by atoms with van der Waals surface area (Å²) in [5, 5.41) is 0.758. The van der Waals surface area contributed by atoms with E-state index in [0.717, 1.165) is 0 Å². The molecule has 0 radical (unpaired) electrons. The van der Waals surface area contributed by atoms with Gasteiger partial charge in [0, 0.05) is 0 Å². The molecule has 3 N–H and O–H groups in total. The summed E-state index contributed by atoms with van der Waals surface area (Å²) in [6.07, 6.45) is 9.90. The first kappa shape index (κ1) is 17.4. The molecular weight excluding hydrogens is 361 g/mol. The fraction of sp³-hybridized carbons (Fsp3) is 0.118. The van der Waals surface area contributed by atoms with Crippen LogP contribution in [0.1, 0.15) is 12.2 Å². The number of hydrazine groups is 1. The Balaban J connectivity index is 0.000000213. The molecule has 2 aromatic rings. The van der Waals surface area contributed by atoms with E-state index in [1.165, 1.54) is 22.1 Å². The summed E-state index contributed by atoms with van der Waals surface area (Å²) in [7, 11) is 0. The Morgan fingerprint density at radius 3 is 2.24 bits per heavy atom. The van der Waals surface area contributed by atoms with Crippen LogP contribution in [0.2, 0.25) is 10.0 Å². The van der Waals surface area contributed by atoms with E-state index in [2.05, 4.69) is 39.7 Å². The first-order chi connectivity index (χ1) is 12.0. The molecule has 8 heteroatoms. The first-order valence-corrected chi connectivity index (χ1v) is 8.21. The van der Waals surface area contributed by atoms with Gasteiger partial charge in [0.25, 0.3) is 0 Å². The molecule has 6 nitrogen and oxygen atoms in total. The van der Waals surface area contributed by atoms with Gasteiger partial charge in [-0.15, -0.1) is 0 Å². The smallest absolute Gasteiger partial charge is 0.292 e. The largest absolute Gasteiger partial charge is 0.356 e. The van der Waals surface area contributed by atoms with Crippen molar-refractivity contribution in [2.24, 2.45) is 5.84 Å². The maximum atomic E-state index is 11.9. The second kappa shape index (κ2) is 7.23. The number of hydrogen-bond donors (Lipinski definition) is 2. The van der Waals surface area contributed by atoms with Crippen molar-refractivity contribution >= 4 is 29.2 Å². The minimum atomic E-state index is -0.506. The van der Waals surface area contributed by atoms with Crippen molar-refractivity contribution in [3.8, 4) is 5.69 Å². The maximum absolute atomic E-state index is 11.9. The number of nitrogens with one attached hydrogen (secondary N) is 1. The number of nitrogens with zero attached hydrogens (tertiary/aromatic N) is 3. The van der Waals surface area contributed by atoms with Gasteiger partial charge < -0.3 is 0 Å². The van der Waals surface area contributed by atoms with Crippen LogP contribution < -0.4 is 17.0 Å². The highest BCUT2D eigenvalue weighted by molar-refractivity contribution is 6.42. The Morgan fingerprint density at radius 2 is 1.80 bits per heavy atom. The average molecular weight is 376 g/mol. The molecule has 0 atom stereocenters. The van der Waals surface area contributed by atoms with Gasteiger partial charge in [0.15, 0.2) is 0 Å². The van der Waals surface area contributed by atoms with Gasteiger partial charge in [0.2, 0.25) is 5.95 Å². The van der Waals surface area contributed by atoms with E-state index in [9.17, 15) is 4.79 Å². The minimum Gasteiger partial charge on any atom is -0.292 e. The van der Waals surface area contributed by atoms with E-state index in [1.807, 2.05) is 0 Å². The van der Waals surface area contributed by atoms with E-state index in [0.29, 0.717) is 21.6 Å². The zero-order chi connectivity index (χ0) is 18.0. The van der Waals surface area contributed by atoms with Gasteiger partial charge in [-0.25, -0.2) is 15.2 Å². The first-order valence-electron chi connectivity index (χ1n) is 7.45. The molecule has 4 rings (SSSR count). The lowest BCUT2D eigenvalue weighted by Crippen LogP contribution is -2.27. The summed E-state index contributed by atoms with van der Waals surface area (Å²) >= 11 is 11.7. The Bertz CT molecular complexity index is 955. The third-order valence-corrected chi connectivity index (χ3v) is 4.44. The maximum Gasteiger partial charge on any atom is 0.356 e. The molecule has 0 spiro atoms. The Hall–Kier alpha value is -2.41. The monoisotopic (exact) mass is 375 g/mol. The van der Waals surface area contributed by atoms with Crippen LogP contribution in [0.15, 0.2) is 58.4 Å². The number of aryl methyl sites for hydroxylation is 1. The van der Waals surface area contributed by atoms with Gasteiger partial charge in [-0.1, -0.05) is 47.5 Å². The number of benzene rings is 1. The van der Waals surface area contributed by atoms with Crippen LogP contribution in [0.3, 0.4) is 0 Å². The summed E-state index contributed by atoms with van der Waals surface area (Å²) < 4.78 is 1.31. The Labute approximate surface area is 154 Å². The summed E-state index contributed by atoms with van der Waals surface area (Å²) in [6.45, 7) is 1.66. The number of nitrogens with two attached hydrogens (primary N) is 1. The van der Waals surface area contributed by atoms with E-state index < -0.39 is 5.69 Å².